The summed E-state index contributed by atoms with van der Waals surface area (Å²) in [5.41, 5.74) is 2.58. The molecule has 6 heteroatoms. The number of hydrogen-bond acceptors (Lipinski definition) is 4. The van der Waals surface area contributed by atoms with Gasteiger partial charge in [-0.3, -0.25) is 9.89 Å². The number of H-pyrrole nitrogens is 1. The number of nitrogens with zero attached hydrogens (tertiary/aromatic N) is 2. The molecule has 18 heavy (non-hydrogen) atoms. The van der Waals surface area contributed by atoms with Crippen molar-refractivity contribution in [3.8, 4) is 0 Å². The Morgan fingerprint density at radius 1 is 1.56 bits per heavy atom. The summed E-state index contributed by atoms with van der Waals surface area (Å²) < 4.78 is 4.94. The number of aromatic amines is 1. The third-order valence-corrected chi connectivity index (χ3v) is 2.42. The van der Waals surface area contributed by atoms with E-state index in [-0.39, 0.29) is 13.2 Å². The zero-order valence-electron chi connectivity index (χ0n) is 10.8. The first-order chi connectivity index (χ1) is 8.47. The van der Waals surface area contributed by atoms with Crippen LogP contribution >= 0.6 is 0 Å². The number of ether oxygens (including phenoxy) is 1. The first-order valence-corrected chi connectivity index (χ1v) is 5.53. The summed E-state index contributed by atoms with van der Waals surface area (Å²) in [6.07, 6.45) is 0.694. The lowest BCUT2D eigenvalue weighted by molar-refractivity contribution is -0.138. The number of esters is 1. The van der Waals surface area contributed by atoms with Gasteiger partial charge in [-0.2, -0.15) is 5.10 Å². The molecule has 0 aliphatic rings. The Morgan fingerprint density at radius 2 is 2.22 bits per heavy atom. The molecule has 0 fully saturated rings. The summed E-state index contributed by atoms with van der Waals surface area (Å²) in [4.78, 5) is 23.7. The molecule has 0 aliphatic heterocycles. The van der Waals surface area contributed by atoms with Crippen LogP contribution in [0.3, 0.4) is 0 Å². The Labute approximate surface area is 106 Å². The van der Waals surface area contributed by atoms with Crippen LogP contribution in [0.4, 0.5) is 5.69 Å². The zero-order chi connectivity index (χ0) is 13.7. The molecule has 1 heterocycles. The van der Waals surface area contributed by atoms with Gasteiger partial charge >= 0.3 is 5.97 Å². The van der Waals surface area contributed by atoms with Crippen LogP contribution in [0.2, 0.25) is 0 Å². The van der Waals surface area contributed by atoms with E-state index in [1.54, 1.807) is 13.8 Å². The van der Waals surface area contributed by atoms with Crippen molar-refractivity contribution >= 4 is 18.1 Å². The molecule has 0 radical (unpaired) electrons. The molecule has 0 saturated carbocycles. The maximum absolute atomic E-state index is 11.2. The zero-order valence-corrected chi connectivity index (χ0v) is 10.8. The summed E-state index contributed by atoms with van der Waals surface area (Å²) in [6, 6.07) is 0. The Balaban J connectivity index is 2.61. The SMILES string of the molecule is C=C(C)C(=O)OCCN(C=O)c1c(C)n[nH]c1C. The normalized spacial score (nSPS) is 9.94. The van der Waals surface area contributed by atoms with Crippen LogP contribution in [-0.4, -0.2) is 35.7 Å². The largest absolute Gasteiger partial charge is 0.460 e. The second kappa shape index (κ2) is 6.00. The van der Waals surface area contributed by atoms with Crippen molar-refractivity contribution in [2.45, 2.75) is 20.8 Å². The van der Waals surface area contributed by atoms with E-state index in [0.29, 0.717) is 12.0 Å². The number of aryl methyl sites for hydroxylation is 2. The highest BCUT2D eigenvalue weighted by Gasteiger charge is 2.14. The number of rotatable bonds is 6. The molecule has 0 unspecified atom stereocenters. The minimum Gasteiger partial charge on any atom is -0.460 e. The molecular formula is C12H17N3O3. The Hall–Kier alpha value is -2.11. The van der Waals surface area contributed by atoms with Crippen molar-refractivity contribution in [1.82, 2.24) is 10.2 Å². The molecule has 6 nitrogen and oxygen atoms in total. The maximum Gasteiger partial charge on any atom is 0.333 e. The Kier molecular flexibility index (Phi) is 4.65. The Morgan fingerprint density at radius 3 is 2.67 bits per heavy atom. The van der Waals surface area contributed by atoms with Crippen LogP contribution in [0.15, 0.2) is 12.2 Å². The van der Waals surface area contributed by atoms with Gasteiger partial charge in [0.05, 0.1) is 23.6 Å². The quantitative estimate of drug-likeness (QED) is 0.467. The molecule has 1 N–H and O–H groups in total. The van der Waals surface area contributed by atoms with Crippen molar-refractivity contribution in [2.24, 2.45) is 0 Å². The maximum atomic E-state index is 11.2. The van der Waals surface area contributed by atoms with Gasteiger partial charge in [0.1, 0.15) is 6.61 Å². The summed E-state index contributed by atoms with van der Waals surface area (Å²) in [5.74, 6) is -0.457. The van der Waals surface area contributed by atoms with E-state index in [9.17, 15) is 9.59 Å². The number of amides is 1. The van der Waals surface area contributed by atoms with Crippen molar-refractivity contribution in [3.05, 3.63) is 23.5 Å². The van der Waals surface area contributed by atoms with Crippen LogP contribution in [0.1, 0.15) is 18.3 Å². The fourth-order valence-electron chi connectivity index (χ4n) is 1.55. The lowest BCUT2D eigenvalue weighted by Gasteiger charge is -2.17. The number of carbonyl (C=O) groups excluding carboxylic acids is 2. The summed E-state index contributed by atoms with van der Waals surface area (Å²) in [7, 11) is 0. The molecule has 0 saturated heterocycles. The van der Waals surface area contributed by atoms with E-state index in [4.69, 9.17) is 4.74 Å². The number of anilines is 1. The van der Waals surface area contributed by atoms with Gasteiger partial charge in [0, 0.05) is 5.57 Å². The predicted octanol–water partition coefficient (Wildman–Crippen LogP) is 1.11. The van der Waals surface area contributed by atoms with Crippen LogP contribution in [-0.2, 0) is 14.3 Å². The number of aromatic nitrogens is 2. The van der Waals surface area contributed by atoms with E-state index in [1.807, 2.05) is 6.92 Å². The minimum absolute atomic E-state index is 0.120. The van der Waals surface area contributed by atoms with Gasteiger partial charge < -0.3 is 9.64 Å². The fourth-order valence-corrected chi connectivity index (χ4v) is 1.55. The first kappa shape index (κ1) is 14.0. The van der Waals surface area contributed by atoms with E-state index >= 15 is 0 Å². The summed E-state index contributed by atoms with van der Waals surface area (Å²) >= 11 is 0. The van der Waals surface area contributed by atoms with Gasteiger partial charge in [-0.15, -0.1) is 0 Å². The van der Waals surface area contributed by atoms with Gasteiger partial charge in [0.2, 0.25) is 6.41 Å². The van der Waals surface area contributed by atoms with Crippen molar-refractivity contribution in [3.63, 3.8) is 0 Å². The molecule has 0 atom stereocenters. The van der Waals surface area contributed by atoms with Crippen LogP contribution < -0.4 is 4.90 Å². The number of carbonyl (C=O) groups is 2. The van der Waals surface area contributed by atoms with Crippen molar-refractivity contribution < 1.29 is 14.3 Å². The average molecular weight is 251 g/mol. The lowest BCUT2D eigenvalue weighted by Crippen LogP contribution is -2.27. The van der Waals surface area contributed by atoms with E-state index in [2.05, 4.69) is 16.8 Å². The molecule has 0 bridgehead atoms. The van der Waals surface area contributed by atoms with Crippen molar-refractivity contribution in [1.29, 1.82) is 0 Å². The van der Waals surface area contributed by atoms with Crippen LogP contribution in [0.25, 0.3) is 0 Å². The molecule has 0 aliphatic carbocycles. The molecule has 1 rings (SSSR count). The van der Waals surface area contributed by atoms with Crippen LogP contribution in [0, 0.1) is 13.8 Å². The molecule has 1 aromatic heterocycles. The second-order valence-corrected chi connectivity index (χ2v) is 4.00. The van der Waals surface area contributed by atoms with Crippen molar-refractivity contribution in [2.75, 3.05) is 18.1 Å². The monoisotopic (exact) mass is 251 g/mol. The summed E-state index contributed by atoms with van der Waals surface area (Å²) in [5, 5.41) is 6.81. The highest BCUT2D eigenvalue weighted by Crippen LogP contribution is 2.20. The smallest absolute Gasteiger partial charge is 0.333 e. The average Bonchev–Trinajstić information content (AvgIpc) is 2.65. The van der Waals surface area contributed by atoms with Gasteiger partial charge in [-0.25, -0.2) is 4.79 Å². The molecule has 1 aromatic rings. The third-order valence-electron chi connectivity index (χ3n) is 2.42. The standard InChI is InChI=1S/C12H17N3O3/c1-8(2)12(17)18-6-5-15(7-16)11-9(3)13-14-10(11)4/h7H,1,5-6H2,2-4H3,(H,13,14). The highest BCUT2D eigenvalue weighted by molar-refractivity contribution is 5.87. The molecule has 98 valence electrons. The van der Waals surface area contributed by atoms with Gasteiger partial charge in [-0.1, -0.05) is 6.58 Å². The van der Waals surface area contributed by atoms with Gasteiger partial charge in [0.15, 0.2) is 0 Å². The number of nitrogens with one attached hydrogen (secondary N) is 1. The van der Waals surface area contributed by atoms with E-state index in [1.165, 1.54) is 4.90 Å². The Bertz CT molecular complexity index is 446. The summed E-state index contributed by atoms with van der Waals surface area (Å²) in [6.45, 7) is 9.08. The predicted molar refractivity (Wildman–Crippen MR) is 67.2 cm³/mol. The lowest BCUT2D eigenvalue weighted by atomic mass is 10.3. The second-order valence-electron chi connectivity index (χ2n) is 4.00. The van der Waals surface area contributed by atoms with Gasteiger partial charge in [0.25, 0.3) is 0 Å². The molecule has 1 amide bonds. The number of hydrogen-bond donors (Lipinski definition) is 1. The highest BCUT2D eigenvalue weighted by atomic mass is 16.5. The fraction of sp³-hybridized carbons (Fsp3) is 0.417. The molecule has 0 aromatic carbocycles. The topological polar surface area (TPSA) is 75.3 Å². The third kappa shape index (κ3) is 3.19. The molecular weight excluding hydrogens is 234 g/mol. The van der Waals surface area contributed by atoms with Gasteiger partial charge in [-0.05, 0) is 20.8 Å². The first-order valence-electron chi connectivity index (χ1n) is 5.53. The van der Waals surface area contributed by atoms with E-state index < -0.39 is 5.97 Å². The van der Waals surface area contributed by atoms with Crippen LogP contribution in [0.5, 0.6) is 0 Å². The van der Waals surface area contributed by atoms with E-state index in [0.717, 1.165) is 17.1 Å². The molecule has 0 spiro atoms. The minimum atomic E-state index is -0.457.